The SMILES string of the molecule is CC1(C)OC2[C@@H](CO[Si](C)(C)C(C)(C)C)N(CC#N)C[C@H]2O1. The van der Waals surface area contributed by atoms with Crippen molar-refractivity contribution in [1.82, 2.24) is 4.90 Å². The fourth-order valence-electron chi connectivity index (χ4n) is 2.89. The second kappa shape index (κ2) is 5.88. The standard InChI is InChI=1S/C16H30N2O3Si/c1-15(2,3)22(6,7)19-11-12-14-13(10-18(12)9-8-17)20-16(4,5)21-14/h12-14H,9-11H2,1-7H3/t12-,13-,14?/m1/s1. The van der Waals surface area contributed by atoms with Crippen molar-refractivity contribution in [2.75, 3.05) is 19.7 Å². The van der Waals surface area contributed by atoms with Crippen molar-refractivity contribution >= 4 is 8.32 Å². The third-order valence-electron chi connectivity index (χ3n) is 5.18. The third-order valence-corrected chi connectivity index (χ3v) is 9.68. The summed E-state index contributed by atoms with van der Waals surface area (Å²) in [5.74, 6) is -0.538. The van der Waals surface area contributed by atoms with Crippen LogP contribution < -0.4 is 0 Å². The Labute approximate surface area is 135 Å². The van der Waals surface area contributed by atoms with E-state index in [1.807, 2.05) is 13.8 Å². The molecule has 2 aliphatic heterocycles. The van der Waals surface area contributed by atoms with Crippen LogP contribution in [0.1, 0.15) is 34.6 Å². The highest BCUT2D eigenvalue weighted by Crippen LogP contribution is 2.39. The van der Waals surface area contributed by atoms with E-state index in [1.165, 1.54) is 0 Å². The molecule has 0 amide bonds. The quantitative estimate of drug-likeness (QED) is 0.587. The molecule has 0 bridgehead atoms. The molecule has 0 aromatic rings. The molecule has 2 saturated heterocycles. The average molecular weight is 327 g/mol. The number of hydrogen-bond donors (Lipinski definition) is 0. The Hall–Kier alpha value is -0.453. The van der Waals surface area contributed by atoms with Gasteiger partial charge in [-0.25, -0.2) is 0 Å². The van der Waals surface area contributed by atoms with Gasteiger partial charge in [-0.3, -0.25) is 4.90 Å². The lowest BCUT2D eigenvalue weighted by Crippen LogP contribution is -2.48. The van der Waals surface area contributed by atoms with E-state index in [0.29, 0.717) is 13.2 Å². The summed E-state index contributed by atoms with van der Waals surface area (Å²) < 4.78 is 18.4. The lowest BCUT2D eigenvalue weighted by Gasteiger charge is -2.38. The van der Waals surface area contributed by atoms with Crippen LogP contribution in [-0.2, 0) is 13.9 Å². The van der Waals surface area contributed by atoms with Crippen molar-refractivity contribution in [1.29, 1.82) is 5.26 Å². The summed E-state index contributed by atoms with van der Waals surface area (Å²) in [6.45, 7) is 16.9. The number of ether oxygens (including phenoxy) is 2. The highest BCUT2D eigenvalue weighted by Gasteiger charge is 2.53. The van der Waals surface area contributed by atoms with Gasteiger partial charge in [0.1, 0.15) is 12.2 Å². The molecule has 0 N–H and O–H groups in total. The van der Waals surface area contributed by atoms with Gasteiger partial charge in [0.25, 0.3) is 0 Å². The van der Waals surface area contributed by atoms with Gasteiger partial charge in [-0.2, -0.15) is 5.26 Å². The van der Waals surface area contributed by atoms with Gasteiger partial charge >= 0.3 is 0 Å². The largest absolute Gasteiger partial charge is 0.415 e. The van der Waals surface area contributed by atoms with Crippen molar-refractivity contribution in [2.45, 2.75) is 76.8 Å². The van der Waals surface area contributed by atoms with Crippen LogP contribution in [0, 0.1) is 11.3 Å². The number of hydrogen-bond acceptors (Lipinski definition) is 5. The van der Waals surface area contributed by atoms with Crippen molar-refractivity contribution in [3.63, 3.8) is 0 Å². The zero-order valence-corrected chi connectivity index (χ0v) is 16.0. The molecule has 6 heteroatoms. The zero-order valence-electron chi connectivity index (χ0n) is 15.0. The molecule has 22 heavy (non-hydrogen) atoms. The number of nitriles is 1. The molecule has 0 aromatic heterocycles. The normalized spacial score (nSPS) is 32.0. The van der Waals surface area contributed by atoms with Crippen LogP contribution in [0.3, 0.4) is 0 Å². The molecule has 0 spiro atoms. The molecule has 2 fully saturated rings. The van der Waals surface area contributed by atoms with Gasteiger partial charge in [-0.15, -0.1) is 0 Å². The number of likely N-dealkylation sites (tertiary alicyclic amines) is 1. The van der Waals surface area contributed by atoms with E-state index in [-0.39, 0.29) is 23.3 Å². The van der Waals surface area contributed by atoms with Gasteiger partial charge in [-0.05, 0) is 32.0 Å². The summed E-state index contributed by atoms with van der Waals surface area (Å²) in [5, 5.41) is 9.24. The number of nitrogens with zero attached hydrogens (tertiary/aromatic N) is 2. The van der Waals surface area contributed by atoms with Crippen LogP contribution in [-0.4, -0.2) is 57.0 Å². The molecule has 0 aromatic carbocycles. The fourth-order valence-corrected chi connectivity index (χ4v) is 3.91. The Bertz CT molecular complexity index is 453. The van der Waals surface area contributed by atoms with Crippen molar-refractivity contribution in [3.05, 3.63) is 0 Å². The Balaban J connectivity index is 2.07. The summed E-state index contributed by atoms with van der Waals surface area (Å²) >= 11 is 0. The maximum absolute atomic E-state index is 9.06. The van der Waals surface area contributed by atoms with Crippen LogP contribution >= 0.6 is 0 Å². The van der Waals surface area contributed by atoms with E-state index in [4.69, 9.17) is 19.2 Å². The van der Waals surface area contributed by atoms with Crippen LogP contribution in [0.2, 0.25) is 18.1 Å². The van der Waals surface area contributed by atoms with Crippen LogP contribution in [0.5, 0.6) is 0 Å². The number of rotatable bonds is 4. The Morgan fingerprint density at radius 1 is 1.32 bits per heavy atom. The maximum atomic E-state index is 9.06. The van der Waals surface area contributed by atoms with Gasteiger partial charge in [0.15, 0.2) is 14.1 Å². The monoisotopic (exact) mass is 326 g/mol. The topological polar surface area (TPSA) is 54.7 Å². The first-order valence-corrected chi connectivity index (χ1v) is 11.0. The first-order valence-electron chi connectivity index (χ1n) is 8.07. The van der Waals surface area contributed by atoms with Crippen LogP contribution in [0.25, 0.3) is 0 Å². The molecule has 2 heterocycles. The van der Waals surface area contributed by atoms with E-state index in [9.17, 15) is 0 Å². The molecule has 1 unspecified atom stereocenters. The van der Waals surface area contributed by atoms with Gasteiger partial charge in [0.05, 0.1) is 25.3 Å². The first kappa shape index (κ1) is 17.9. The second-order valence-electron chi connectivity index (χ2n) is 8.36. The molecule has 5 nitrogen and oxygen atoms in total. The lowest BCUT2D eigenvalue weighted by atomic mass is 10.1. The number of fused-ring (bicyclic) bond motifs is 1. The van der Waals surface area contributed by atoms with Gasteiger partial charge in [0, 0.05) is 6.54 Å². The zero-order chi connectivity index (χ0) is 16.8. The van der Waals surface area contributed by atoms with Crippen molar-refractivity contribution < 1.29 is 13.9 Å². The Morgan fingerprint density at radius 2 is 1.95 bits per heavy atom. The highest BCUT2D eigenvalue weighted by molar-refractivity contribution is 6.74. The Kier molecular flexibility index (Phi) is 4.78. The summed E-state index contributed by atoms with van der Waals surface area (Å²) in [6, 6.07) is 2.35. The summed E-state index contributed by atoms with van der Waals surface area (Å²) in [6.07, 6.45) is 0.0319. The predicted octanol–water partition coefficient (Wildman–Crippen LogP) is 2.74. The maximum Gasteiger partial charge on any atom is 0.192 e. The van der Waals surface area contributed by atoms with E-state index in [0.717, 1.165) is 6.54 Å². The van der Waals surface area contributed by atoms with Crippen LogP contribution in [0.15, 0.2) is 0 Å². The summed E-state index contributed by atoms with van der Waals surface area (Å²) in [5.41, 5.74) is 0. The van der Waals surface area contributed by atoms with E-state index >= 15 is 0 Å². The lowest BCUT2D eigenvalue weighted by molar-refractivity contribution is -0.162. The molecule has 3 atom stereocenters. The molecule has 126 valence electrons. The van der Waals surface area contributed by atoms with Gasteiger partial charge in [-0.1, -0.05) is 20.8 Å². The van der Waals surface area contributed by atoms with E-state index in [1.54, 1.807) is 0 Å². The molecule has 2 aliphatic rings. The molecule has 0 saturated carbocycles. The van der Waals surface area contributed by atoms with Gasteiger partial charge < -0.3 is 13.9 Å². The van der Waals surface area contributed by atoms with E-state index in [2.05, 4.69) is 44.8 Å². The van der Waals surface area contributed by atoms with Crippen molar-refractivity contribution in [3.8, 4) is 6.07 Å². The fraction of sp³-hybridized carbons (Fsp3) is 0.938. The molecular weight excluding hydrogens is 296 g/mol. The molecular formula is C16H30N2O3Si. The highest BCUT2D eigenvalue weighted by atomic mass is 28.4. The minimum absolute atomic E-state index is 0.00637. The van der Waals surface area contributed by atoms with Gasteiger partial charge in [0.2, 0.25) is 0 Å². The minimum Gasteiger partial charge on any atom is -0.415 e. The molecule has 0 radical (unpaired) electrons. The smallest absolute Gasteiger partial charge is 0.192 e. The second-order valence-corrected chi connectivity index (χ2v) is 13.2. The predicted molar refractivity (Wildman–Crippen MR) is 87.9 cm³/mol. The minimum atomic E-state index is -1.81. The van der Waals surface area contributed by atoms with Crippen LogP contribution in [0.4, 0.5) is 0 Å². The Morgan fingerprint density at radius 3 is 2.50 bits per heavy atom. The molecule has 2 rings (SSSR count). The summed E-state index contributed by atoms with van der Waals surface area (Å²) in [4.78, 5) is 2.14. The van der Waals surface area contributed by atoms with E-state index < -0.39 is 14.1 Å². The average Bonchev–Trinajstić information content (AvgIpc) is 2.77. The first-order chi connectivity index (χ1) is 9.97. The molecule has 0 aliphatic carbocycles. The third kappa shape index (κ3) is 3.55. The van der Waals surface area contributed by atoms with Crippen molar-refractivity contribution in [2.24, 2.45) is 0 Å². The summed E-state index contributed by atoms with van der Waals surface area (Å²) in [7, 11) is -1.81.